The second-order valence-corrected chi connectivity index (χ2v) is 5.19. The van der Waals surface area contributed by atoms with Crippen LogP contribution in [0, 0.1) is 13.8 Å². The molecule has 0 saturated carbocycles. The Hall–Kier alpha value is -2.86. The maximum Gasteiger partial charge on any atom is 0.274 e. The van der Waals surface area contributed by atoms with Gasteiger partial charge in [-0.05, 0) is 55.3 Å². The number of carbonyl (C=O) groups excluding carboxylic acids is 1. The number of hydrogen-bond donors (Lipinski definition) is 4. The Morgan fingerprint density at radius 2 is 1.95 bits per heavy atom. The largest absolute Gasteiger partial charge is 0.326 e. The van der Waals surface area contributed by atoms with Crippen molar-refractivity contribution >= 4 is 28.6 Å². The van der Waals surface area contributed by atoms with Crippen LogP contribution in [0.1, 0.15) is 21.5 Å². The van der Waals surface area contributed by atoms with Gasteiger partial charge in [-0.1, -0.05) is 6.07 Å². The van der Waals surface area contributed by atoms with Gasteiger partial charge in [-0.3, -0.25) is 10.0 Å². The van der Waals surface area contributed by atoms with Crippen molar-refractivity contribution in [2.45, 2.75) is 13.8 Å². The Morgan fingerprint density at radius 3 is 2.73 bits per heavy atom. The van der Waals surface area contributed by atoms with Crippen molar-refractivity contribution in [3.05, 3.63) is 53.1 Å². The Bertz CT molecular complexity index is 815. The summed E-state index contributed by atoms with van der Waals surface area (Å²) in [5, 5.41) is 11.8. The molecule has 22 heavy (non-hydrogen) atoms. The van der Waals surface area contributed by atoms with Gasteiger partial charge in [0.05, 0.1) is 11.0 Å². The van der Waals surface area contributed by atoms with Gasteiger partial charge in [0.2, 0.25) is 5.95 Å². The molecule has 0 radical (unpaired) electrons. The number of H-pyrrole nitrogens is 1. The summed E-state index contributed by atoms with van der Waals surface area (Å²) in [6, 6.07) is 10.9. The molecule has 0 atom stereocenters. The number of aromatic amines is 1. The molecule has 3 rings (SSSR count). The zero-order valence-corrected chi connectivity index (χ0v) is 12.3. The Morgan fingerprint density at radius 1 is 1.18 bits per heavy atom. The maximum absolute atomic E-state index is 11.4. The van der Waals surface area contributed by atoms with Crippen LogP contribution in [0.15, 0.2) is 36.4 Å². The monoisotopic (exact) mass is 296 g/mol. The third kappa shape index (κ3) is 2.64. The van der Waals surface area contributed by atoms with Gasteiger partial charge in [-0.2, -0.15) is 0 Å². The molecule has 0 aliphatic carbocycles. The summed E-state index contributed by atoms with van der Waals surface area (Å²) in [6.45, 7) is 4.10. The summed E-state index contributed by atoms with van der Waals surface area (Å²) in [4.78, 5) is 19.1. The Balaban J connectivity index is 1.91. The van der Waals surface area contributed by atoms with E-state index < -0.39 is 5.91 Å². The molecule has 3 aromatic rings. The molecule has 0 spiro atoms. The smallest absolute Gasteiger partial charge is 0.274 e. The lowest BCUT2D eigenvalue weighted by molar-refractivity contribution is 0.0706. The molecule has 1 amide bonds. The van der Waals surface area contributed by atoms with Crippen molar-refractivity contribution in [2.24, 2.45) is 0 Å². The van der Waals surface area contributed by atoms with E-state index in [0.717, 1.165) is 11.0 Å². The fourth-order valence-corrected chi connectivity index (χ4v) is 2.27. The summed E-state index contributed by atoms with van der Waals surface area (Å²) in [6.07, 6.45) is 0. The fourth-order valence-electron chi connectivity index (χ4n) is 2.27. The third-order valence-electron chi connectivity index (χ3n) is 3.59. The molecule has 6 heteroatoms. The van der Waals surface area contributed by atoms with Gasteiger partial charge < -0.3 is 10.3 Å². The van der Waals surface area contributed by atoms with Crippen LogP contribution < -0.4 is 10.8 Å². The zero-order chi connectivity index (χ0) is 15.7. The number of hydroxylamine groups is 1. The summed E-state index contributed by atoms with van der Waals surface area (Å²) in [5.74, 6) is 0.0427. The minimum Gasteiger partial charge on any atom is -0.326 e. The van der Waals surface area contributed by atoms with E-state index in [1.165, 1.54) is 11.1 Å². The number of nitrogens with zero attached hydrogens (tertiary/aromatic N) is 1. The van der Waals surface area contributed by atoms with Gasteiger partial charge in [0.1, 0.15) is 0 Å². The van der Waals surface area contributed by atoms with Crippen LogP contribution in [-0.2, 0) is 0 Å². The molecule has 1 heterocycles. The van der Waals surface area contributed by atoms with E-state index in [9.17, 15) is 4.79 Å². The van der Waals surface area contributed by atoms with Crippen molar-refractivity contribution in [3.63, 3.8) is 0 Å². The summed E-state index contributed by atoms with van der Waals surface area (Å²) in [7, 11) is 0. The number of anilines is 2. The predicted octanol–water partition coefficient (Wildman–Crippen LogP) is 3.04. The SMILES string of the molecule is Cc1cc2nc(Nc3cccc(C(=O)NO)c3)[nH]c2cc1C. The third-order valence-corrected chi connectivity index (χ3v) is 3.59. The number of benzene rings is 2. The molecule has 0 aliphatic rings. The number of rotatable bonds is 3. The highest BCUT2D eigenvalue weighted by Crippen LogP contribution is 2.21. The lowest BCUT2D eigenvalue weighted by atomic mass is 10.1. The molecule has 0 fully saturated rings. The van der Waals surface area contributed by atoms with E-state index in [0.29, 0.717) is 17.2 Å². The number of hydrogen-bond acceptors (Lipinski definition) is 4. The molecule has 4 N–H and O–H groups in total. The number of imidazole rings is 1. The van der Waals surface area contributed by atoms with Gasteiger partial charge in [0.15, 0.2) is 0 Å². The fraction of sp³-hybridized carbons (Fsp3) is 0.125. The molecule has 0 aliphatic heterocycles. The number of aromatic nitrogens is 2. The van der Waals surface area contributed by atoms with Crippen LogP contribution in [0.25, 0.3) is 11.0 Å². The number of amides is 1. The van der Waals surface area contributed by atoms with Gasteiger partial charge in [-0.15, -0.1) is 0 Å². The topological polar surface area (TPSA) is 90.0 Å². The number of aryl methyl sites for hydroxylation is 2. The standard InChI is InChI=1S/C16H16N4O2/c1-9-6-13-14(7-10(9)2)19-16(18-13)17-12-5-3-4-11(8-12)15(21)20-22/h3-8,22H,1-2H3,(H,20,21)(H2,17,18,19). The van der Waals surface area contributed by atoms with Crippen molar-refractivity contribution in [3.8, 4) is 0 Å². The van der Waals surface area contributed by atoms with Gasteiger partial charge >= 0.3 is 0 Å². The van der Waals surface area contributed by atoms with E-state index in [-0.39, 0.29) is 0 Å². The van der Waals surface area contributed by atoms with Crippen molar-refractivity contribution < 1.29 is 10.0 Å². The van der Waals surface area contributed by atoms with Crippen molar-refractivity contribution in [1.82, 2.24) is 15.4 Å². The summed E-state index contributed by atoms with van der Waals surface area (Å²) in [5.41, 5.74) is 6.90. The van der Waals surface area contributed by atoms with Crippen LogP contribution in [0.2, 0.25) is 0 Å². The first-order valence-electron chi connectivity index (χ1n) is 6.85. The van der Waals surface area contributed by atoms with E-state index >= 15 is 0 Å². The quantitative estimate of drug-likeness (QED) is 0.442. The molecule has 2 aromatic carbocycles. The van der Waals surface area contributed by atoms with Crippen LogP contribution in [0.5, 0.6) is 0 Å². The van der Waals surface area contributed by atoms with Gasteiger partial charge in [0, 0.05) is 11.3 Å². The molecule has 6 nitrogen and oxygen atoms in total. The lowest BCUT2D eigenvalue weighted by Crippen LogP contribution is -2.18. The van der Waals surface area contributed by atoms with Crippen LogP contribution >= 0.6 is 0 Å². The second-order valence-electron chi connectivity index (χ2n) is 5.19. The highest BCUT2D eigenvalue weighted by molar-refractivity contribution is 5.94. The Labute approximate surface area is 127 Å². The summed E-state index contributed by atoms with van der Waals surface area (Å²) < 4.78 is 0. The first-order chi connectivity index (χ1) is 10.6. The van der Waals surface area contributed by atoms with E-state index in [1.54, 1.807) is 23.7 Å². The van der Waals surface area contributed by atoms with Crippen molar-refractivity contribution in [1.29, 1.82) is 0 Å². The molecule has 1 aromatic heterocycles. The maximum atomic E-state index is 11.4. The second kappa shape index (κ2) is 5.50. The molecular weight excluding hydrogens is 280 g/mol. The average molecular weight is 296 g/mol. The van der Waals surface area contributed by atoms with E-state index in [1.807, 2.05) is 19.1 Å². The Kier molecular flexibility index (Phi) is 3.52. The highest BCUT2D eigenvalue weighted by atomic mass is 16.5. The molecule has 0 unspecified atom stereocenters. The average Bonchev–Trinajstić information content (AvgIpc) is 2.88. The number of carbonyl (C=O) groups is 1. The molecule has 112 valence electrons. The molecule has 0 saturated heterocycles. The van der Waals surface area contributed by atoms with E-state index in [4.69, 9.17) is 5.21 Å². The van der Waals surface area contributed by atoms with E-state index in [2.05, 4.69) is 28.3 Å². The lowest BCUT2D eigenvalue weighted by Gasteiger charge is -2.04. The molecular formula is C16H16N4O2. The predicted molar refractivity (Wildman–Crippen MR) is 84.5 cm³/mol. The zero-order valence-electron chi connectivity index (χ0n) is 12.3. The van der Waals surface area contributed by atoms with Gasteiger partial charge in [0.25, 0.3) is 5.91 Å². The highest BCUT2D eigenvalue weighted by Gasteiger charge is 2.07. The normalized spacial score (nSPS) is 10.7. The van der Waals surface area contributed by atoms with Crippen LogP contribution in [0.3, 0.4) is 0 Å². The van der Waals surface area contributed by atoms with Gasteiger partial charge in [-0.25, -0.2) is 10.5 Å². The van der Waals surface area contributed by atoms with Crippen LogP contribution in [-0.4, -0.2) is 21.1 Å². The first kappa shape index (κ1) is 14.1. The molecule has 0 bridgehead atoms. The number of fused-ring (bicyclic) bond motifs is 1. The van der Waals surface area contributed by atoms with Crippen LogP contribution in [0.4, 0.5) is 11.6 Å². The van der Waals surface area contributed by atoms with Crippen molar-refractivity contribution in [2.75, 3.05) is 5.32 Å². The minimum atomic E-state index is -0.556. The minimum absolute atomic E-state index is 0.357. The number of nitrogens with one attached hydrogen (secondary N) is 3. The summed E-state index contributed by atoms with van der Waals surface area (Å²) >= 11 is 0. The first-order valence-corrected chi connectivity index (χ1v) is 6.85.